The molecule has 0 saturated heterocycles. The first-order chi connectivity index (χ1) is 14.0. The average molecular weight is 399 g/mol. The standard InChI is InChI=1S/C26H24NOS/c1-26(2,3)28-27-25-22(19-11-6-4-7-12-19)17-21(24-15-10-16-29-24)18-23(25)20-13-8-5-9-14-20/h4-18H,1-3H3. The number of hydrogen-bond acceptors (Lipinski definition) is 2. The maximum Gasteiger partial charge on any atom is 0.106 e. The van der Waals surface area contributed by atoms with Crippen molar-refractivity contribution < 1.29 is 4.84 Å². The average Bonchev–Trinajstić information content (AvgIpc) is 3.27. The minimum atomic E-state index is -0.367. The van der Waals surface area contributed by atoms with Crippen LogP contribution in [0.1, 0.15) is 20.8 Å². The third kappa shape index (κ3) is 4.58. The molecule has 0 aliphatic carbocycles. The lowest BCUT2D eigenvalue weighted by Crippen LogP contribution is -2.22. The van der Waals surface area contributed by atoms with E-state index in [1.165, 1.54) is 10.4 Å². The van der Waals surface area contributed by atoms with Crippen LogP contribution in [-0.2, 0) is 4.84 Å². The minimum Gasteiger partial charge on any atom is -0.246 e. The van der Waals surface area contributed by atoms with Gasteiger partial charge in [-0.15, -0.1) is 16.8 Å². The molecule has 3 aromatic carbocycles. The molecule has 4 rings (SSSR count). The molecule has 0 aliphatic rings. The number of rotatable bonds is 5. The highest BCUT2D eigenvalue weighted by molar-refractivity contribution is 7.13. The molecular weight excluding hydrogens is 374 g/mol. The highest BCUT2D eigenvalue weighted by Crippen LogP contribution is 2.42. The van der Waals surface area contributed by atoms with Gasteiger partial charge in [0.1, 0.15) is 5.69 Å². The molecule has 0 atom stereocenters. The molecule has 29 heavy (non-hydrogen) atoms. The van der Waals surface area contributed by atoms with Crippen LogP contribution in [0, 0.1) is 0 Å². The topological polar surface area (TPSA) is 23.3 Å². The Bertz CT molecular complexity index is 1000. The summed E-state index contributed by atoms with van der Waals surface area (Å²) >= 11 is 1.75. The van der Waals surface area contributed by atoms with E-state index in [2.05, 4.69) is 83.7 Å². The summed E-state index contributed by atoms with van der Waals surface area (Å²) in [4.78, 5) is 7.14. The Morgan fingerprint density at radius 1 is 0.690 bits per heavy atom. The Morgan fingerprint density at radius 3 is 1.69 bits per heavy atom. The molecule has 4 aromatic rings. The Kier molecular flexibility index (Phi) is 5.52. The van der Waals surface area contributed by atoms with Gasteiger partial charge in [-0.05, 0) is 61.0 Å². The smallest absolute Gasteiger partial charge is 0.106 e. The predicted molar refractivity (Wildman–Crippen MR) is 123 cm³/mol. The van der Waals surface area contributed by atoms with Crippen molar-refractivity contribution in [2.45, 2.75) is 26.4 Å². The van der Waals surface area contributed by atoms with Gasteiger partial charge < -0.3 is 0 Å². The van der Waals surface area contributed by atoms with E-state index < -0.39 is 0 Å². The van der Waals surface area contributed by atoms with E-state index in [1.807, 2.05) is 32.9 Å². The molecule has 0 fully saturated rings. The van der Waals surface area contributed by atoms with E-state index in [1.54, 1.807) is 11.3 Å². The summed E-state index contributed by atoms with van der Waals surface area (Å²) in [5.41, 5.74) is 10.7. The van der Waals surface area contributed by atoms with Crippen LogP contribution >= 0.6 is 11.3 Å². The summed E-state index contributed by atoms with van der Waals surface area (Å²) < 4.78 is 0. The fourth-order valence-corrected chi connectivity index (χ4v) is 3.89. The van der Waals surface area contributed by atoms with Crippen molar-refractivity contribution in [3.05, 3.63) is 90.3 Å². The lowest BCUT2D eigenvalue weighted by atomic mass is 9.93. The first-order valence-electron chi connectivity index (χ1n) is 9.73. The van der Waals surface area contributed by atoms with E-state index in [4.69, 9.17) is 4.84 Å². The van der Waals surface area contributed by atoms with Crippen molar-refractivity contribution in [1.82, 2.24) is 5.48 Å². The summed E-state index contributed by atoms with van der Waals surface area (Å²) in [5.74, 6) is 0. The van der Waals surface area contributed by atoms with Crippen LogP contribution in [0.25, 0.3) is 32.7 Å². The summed E-state index contributed by atoms with van der Waals surface area (Å²) in [6, 6.07) is 29.5. The minimum absolute atomic E-state index is 0.367. The molecule has 0 unspecified atom stereocenters. The summed E-state index contributed by atoms with van der Waals surface area (Å²) in [7, 11) is 0. The molecule has 145 valence electrons. The molecule has 1 aromatic heterocycles. The van der Waals surface area contributed by atoms with E-state index in [9.17, 15) is 0 Å². The summed E-state index contributed by atoms with van der Waals surface area (Å²) in [6.07, 6.45) is 0. The Hall–Kier alpha value is -2.88. The van der Waals surface area contributed by atoms with Crippen LogP contribution in [0.3, 0.4) is 0 Å². The van der Waals surface area contributed by atoms with Crippen molar-refractivity contribution in [1.29, 1.82) is 0 Å². The van der Waals surface area contributed by atoms with Crippen molar-refractivity contribution >= 4 is 17.0 Å². The molecule has 0 bridgehead atoms. The van der Waals surface area contributed by atoms with Crippen LogP contribution < -0.4 is 5.48 Å². The molecule has 0 N–H and O–H groups in total. The zero-order chi connectivity index (χ0) is 20.3. The van der Waals surface area contributed by atoms with Gasteiger partial charge in [-0.3, -0.25) is 0 Å². The quantitative estimate of drug-likeness (QED) is 0.316. The molecule has 0 spiro atoms. The fourth-order valence-electron chi connectivity index (χ4n) is 3.18. The number of hydrogen-bond donors (Lipinski definition) is 0. The third-order valence-electron chi connectivity index (χ3n) is 4.50. The molecule has 2 nitrogen and oxygen atoms in total. The largest absolute Gasteiger partial charge is 0.246 e. The van der Waals surface area contributed by atoms with Crippen molar-refractivity contribution in [2.24, 2.45) is 0 Å². The molecule has 3 heteroatoms. The van der Waals surface area contributed by atoms with E-state index >= 15 is 0 Å². The van der Waals surface area contributed by atoms with Crippen LogP contribution in [0.4, 0.5) is 5.69 Å². The van der Waals surface area contributed by atoms with Crippen LogP contribution in [0.5, 0.6) is 0 Å². The van der Waals surface area contributed by atoms with Gasteiger partial charge >= 0.3 is 0 Å². The van der Waals surface area contributed by atoms with Gasteiger partial charge in [0.2, 0.25) is 0 Å². The number of nitrogens with zero attached hydrogens (tertiary/aromatic N) is 1. The maximum absolute atomic E-state index is 5.90. The van der Waals surface area contributed by atoms with Gasteiger partial charge in [-0.25, -0.2) is 4.84 Å². The third-order valence-corrected chi connectivity index (χ3v) is 5.41. The normalized spacial score (nSPS) is 11.4. The molecule has 0 saturated carbocycles. The number of thiophene rings is 1. The summed E-state index contributed by atoms with van der Waals surface area (Å²) in [6.45, 7) is 6.04. The van der Waals surface area contributed by atoms with Crippen molar-refractivity contribution in [3.63, 3.8) is 0 Å². The lowest BCUT2D eigenvalue weighted by Gasteiger charge is -2.22. The molecule has 0 amide bonds. The SMILES string of the molecule is CC(C)(C)O[N]c1c(-c2ccccc2)cc(-c2cccs2)cc1-c1ccccc1. The van der Waals surface area contributed by atoms with Gasteiger partial charge in [0.05, 0.1) is 5.60 Å². The zero-order valence-corrected chi connectivity index (χ0v) is 17.7. The van der Waals surface area contributed by atoms with Gasteiger partial charge in [-0.1, -0.05) is 66.7 Å². The van der Waals surface area contributed by atoms with Gasteiger partial charge in [0.15, 0.2) is 0 Å². The molecule has 1 heterocycles. The lowest BCUT2D eigenvalue weighted by molar-refractivity contribution is -0.0541. The highest BCUT2D eigenvalue weighted by Gasteiger charge is 2.20. The Morgan fingerprint density at radius 2 is 1.24 bits per heavy atom. The summed E-state index contributed by atoms with van der Waals surface area (Å²) in [5, 5.41) is 2.11. The van der Waals surface area contributed by atoms with Crippen molar-refractivity contribution in [2.75, 3.05) is 0 Å². The second-order valence-electron chi connectivity index (χ2n) is 7.92. The van der Waals surface area contributed by atoms with Crippen LogP contribution in [0.2, 0.25) is 0 Å². The Balaban J connectivity index is 1.96. The van der Waals surface area contributed by atoms with E-state index in [0.717, 1.165) is 27.9 Å². The van der Waals surface area contributed by atoms with Gasteiger partial charge in [0.25, 0.3) is 0 Å². The monoisotopic (exact) mass is 398 g/mol. The Labute approximate surface area is 176 Å². The fraction of sp³-hybridized carbons (Fsp3) is 0.154. The van der Waals surface area contributed by atoms with Gasteiger partial charge in [-0.2, -0.15) is 0 Å². The van der Waals surface area contributed by atoms with E-state index in [0.29, 0.717) is 0 Å². The first-order valence-corrected chi connectivity index (χ1v) is 10.6. The second kappa shape index (κ2) is 8.24. The second-order valence-corrected chi connectivity index (χ2v) is 8.87. The van der Waals surface area contributed by atoms with E-state index in [-0.39, 0.29) is 5.60 Å². The van der Waals surface area contributed by atoms with Crippen molar-refractivity contribution in [3.8, 4) is 32.7 Å². The van der Waals surface area contributed by atoms with Crippen LogP contribution in [0.15, 0.2) is 90.3 Å². The van der Waals surface area contributed by atoms with Gasteiger partial charge in [0, 0.05) is 16.0 Å². The maximum atomic E-state index is 5.90. The predicted octanol–water partition coefficient (Wildman–Crippen LogP) is 7.72. The highest BCUT2D eigenvalue weighted by atomic mass is 32.1. The first kappa shape index (κ1) is 19.4. The van der Waals surface area contributed by atoms with Crippen LogP contribution in [-0.4, -0.2) is 5.60 Å². The molecule has 1 radical (unpaired) electrons. The number of benzene rings is 3. The molecular formula is C26H24NOS. The zero-order valence-electron chi connectivity index (χ0n) is 16.9. The molecule has 0 aliphatic heterocycles.